The number of rotatable bonds is 7. The van der Waals surface area contributed by atoms with E-state index in [2.05, 4.69) is 42.3 Å². The SMILES string of the molecule is CC(C)NC(=O)c1cnc(Nc2ccc3c(c2)CNCC3)nc1Nc1cc(C2(O)CCC2)ncc1F. The first-order valence-corrected chi connectivity index (χ1v) is 12.2. The highest BCUT2D eigenvalue weighted by molar-refractivity contribution is 5.99. The lowest BCUT2D eigenvalue weighted by atomic mass is 9.77. The number of carbonyl (C=O) groups excluding carboxylic acids is 1. The van der Waals surface area contributed by atoms with E-state index in [4.69, 9.17) is 0 Å². The van der Waals surface area contributed by atoms with Gasteiger partial charge in [-0.05, 0) is 75.4 Å². The average molecular weight is 492 g/mol. The van der Waals surface area contributed by atoms with E-state index < -0.39 is 11.4 Å². The van der Waals surface area contributed by atoms with E-state index in [0.29, 0.717) is 18.5 Å². The summed E-state index contributed by atoms with van der Waals surface area (Å²) in [7, 11) is 0. The van der Waals surface area contributed by atoms with Crippen LogP contribution in [0.25, 0.3) is 0 Å². The van der Waals surface area contributed by atoms with Crippen molar-refractivity contribution in [3.05, 3.63) is 64.9 Å². The van der Waals surface area contributed by atoms with Gasteiger partial charge in [0.05, 0.1) is 17.6 Å². The molecule has 1 fully saturated rings. The summed E-state index contributed by atoms with van der Waals surface area (Å²) in [5.74, 6) is -0.602. The van der Waals surface area contributed by atoms with Gasteiger partial charge in [0.1, 0.15) is 17.0 Å². The van der Waals surface area contributed by atoms with Gasteiger partial charge < -0.3 is 26.4 Å². The maximum absolute atomic E-state index is 14.7. The Bertz CT molecular complexity index is 1290. The van der Waals surface area contributed by atoms with Crippen LogP contribution in [0.5, 0.6) is 0 Å². The fraction of sp³-hybridized carbons (Fsp3) is 0.385. The summed E-state index contributed by atoms with van der Waals surface area (Å²) < 4.78 is 14.7. The standard InChI is InChI=1S/C26H30FN7O2/c1-15(2)31-24(35)19-13-30-25(32-18-5-4-16-6-9-28-12-17(16)10-18)34-23(19)33-21-11-22(29-14-20(21)27)26(36)7-3-8-26/h4-5,10-11,13-15,28,36H,3,6-9,12H2,1-2H3,(H,31,35)(H2,29,30,32,33,34). The van der Waals surface area contributed by atoms with Gasteiger partial charge in [0.15, 0.2) is 5.82 Å². The lowest BCUT2D eigenvalue weighted by Gasteiger charge is -2.36. The second kappa shape index (κ2) is 9.79. The highest BCUT2D eigenvalue weighted by Gasteiger charge is 2.38. The van der Waals surface area contributed by atoms with Crippen molar-refractivity contribution < 1.29 is 14.3 Å². The van der Waals surface area contributed by atoms with Gasteiger partial charge in [-0.3, -0.25) is 9.78 Å². The van der Waals surface area contributed by atoms with E-state index in [0.717, 1.165) is 37.8 Å². The minimum Gasteiger partial charge on any atom is -0.384 e. The summed E-state index contributed by atoms with van der Waals surface area (Å²) in [6, 6.07) is 7.47. The Hall–Kier alpha value is -3.63. The van der Waals surface area contributed by atoms with Gasteiger partial charge in [-0.2, -0.15) is 4.98 Å². The molecule has 0 atom stereocenters. The van der Waals surface area contributed by atoms with Gasteiger partial charge >= 0.3 is 0 Å². The second-order valence-corrected chi connectivity index (χ2v) is 9.68. The molecule has 188 valence electrons. The third-order valence-electron chi connectivity index (χ3n) is 6.57. The molecule has 0 unspecified atom stereocenters. The first kappa shape index (κ1) is 24.1. The molecule has 2 aliphatic rings. The molecule has 5 N–H and O–H groups in total. The van der Waals surface area contributed by atoms with Crippen LogP contribution in [-0.4, -0.2) is 38.6 Å². The van der Waals surface area contributed by atoms with Crippen LogP contribution in [0.1, 0.15) is 60.3 Å². The molecule has 9 nitrogen and oxygen atoms in total. The number of nitrogens with one attached hydrogen (secondary N) is 4. The number of fused-ring (bicyclic) bond motifs is 1. The molecule has 3 heterocycles. The van der Waals surface area contributed by atoms with Gasteiger partial charge in [-0.1, -0.05) is 6.07 Å². The molecule has 1 amide bonds. The van der Waals surface area contributed by atoms with E-state index in [1.165, 1.54) is 23.4 Å². The summed E-state index contributed by atoms with van der Waals surface area (Å²) in [5.41, 5.74) is 2.90. The van der Waals surface area contributed by atoms with Crippen LogP contribution in [0.15, 0.2) is 36.7 Å². The predicted molar refractivity (Wildman–Crippen MR) is 135 cm³/mol. The number of nitrogens with zero attached hydrogens (tertiary/aromatic N) is 3. The minimum atomic E-state index is -1.05. The molecule has 1 aromatic carbocycles. The molecular weight excluding hydrogens is 461 g/mol. The number of carbonyl (C=O) groups is 1. The van der Waals surface area contributed by atoms with Crippen LogP contribution in [-0.2, 0) is 18.6 Å². The van der Waals surface area contributed by atoms with Crippen molar-refractivity contribution in [3.63, 3.8) is 0 Å². The number of aromatic nitrogens is 3. The molecule has 36 heavy (non-hydrogen) atoms. The Morgan fingerprint density at radius 2 is 1.97 bits per heavy atom. The third kappa shape index (κ3) is 5.00. The van der Waals surface area contributed by atoms with Crippen LogP contribution >= 0.6 is 0 Å². The van der Waals surface area contributed by atoms with Crippen molar-refractivity contribution in [2.45, 2.75) is 57.7 Å². The first-order valence-electron chi connectivity index (χ1n) is 12.2. The highest BCUT2D eigenvalue weighted by atomic mass is 19.1. The molecule has 5 rings (SSSR count). The highest BCUT2D eigenvalue weighted by Crippen LogP contribution is 2.41. The predicted octanol–water partition coefficient (Wildman–Crippen LogP) is 3.65. The zero-order valence-corrected chi connectivity index (χ0v) is 20.4. The Balaban J connectivity index is 1.47. The third-order valence-corrected chi connectivity index (χ3v) is 6.57. The molecule has 10 heteroatoms. The van der Waals surface area contributed by atoms with Gasteiger partial charge in [0, 0.05) is 24.5 Å². The maximum atomic E-state index is 14.7. The van der Waals surface area contributed by atoms with E-state index in [1.54, 1.807) is 0 Å². The van der Waals surface area contributed by atoms with Crippen LogP contribution in [0.4, 0.5) is 27.5 Å². The Labute approximate surface area is 209 Å². The Morgan fingerprint density at radius 1 is 1.14 bits per heavy atom. The second-order valence-electron chi connectivity index (χ2n) is 9.68. The van der Waals surface area contributed by atoms with Crippen molar-refractivity contribution in [1.82, 2.24) is 25.6 Å². The molecule has 1 aliphatic heterocycles. The lowest BCUT2D eigenvalue weighted by molar-refractivity contribution is -0.0426. The number of benzene rings is 1. The van der Waals surface area contributed by atoms with Crippen molar-refractivity contribution in [2.24, 2.45) is 0 Å². The van der Waals surface area contributed by atoms with Gasteiger partial charge in [0.25, 0.3) is 5.91 Å². The number of pyridine rings is 1. The molecular formula is C26H30FN7O2. The van der Waals surface area contributed by atoms with Gasteiger partial charge in [0.2, 0.25) is 5.95 Å². The average Bonchev–Trinajstić information content (AvgIpc) is 2.83. The molecule has 1 saturated carbocycles. The summed E-state index contributed by atoms with van der Waals surface area (Å²) in [5, 5.41) is 23.0. The first-order chi connectivity index (χ1) is 17.3. The van der Waals surface area contributed by atoms with Crippen LogP contribution < -0.4 is 21.3 Å². The van der Waals surface area contributed by atoms with Crippen LogP contribution in [0.3, 0.4) is 0 Å². The summed E-state index contributed by atoms with van der Waals surface area (Å²) in [6.45, 7) is 5.45. The molecule has 0 bridgehead atoms. The monoisotopic (exact) mass is 491 g/mol. The summed E-state index contributed by atoms with van der Waals surface area (Å²) >= 11 is 0. The Morgan fingerprint density at radius 3 is 2.72 bits per heavy atom. The van der Waals surface area contributed by atoms with E-state index in [1.807, 2.05) is 26.0 Å². The zero-order chi connectivity index (χ0) is 25.3. The smallest absolute Gasteiger partial charge is 0.256 e. The van der Waals surface area contributed by atoms with E-state index in [-0.39, 0.29) is 35.0 Å². The number of halogens is 1. The number of hydrogen-bond donors (Lipinski definition) is 5. The molecule has 0 spiro atoms. The topological polar surface area (TPSA) is 124 Å². The number of aliphatic hydroxyl groups is 1. The molecule has 0 saturated heterocycles. The van der Waals surface area contributed by atoms with Gasteiger partial charge in [-0.25, -0.2) is 9.37 Å². The molecule has 0 radical (unpaired) electrons. The zero-order valence-electron chi connectivity index (χ0n) is 20.4. The molecule has 1 aliphatic carbocycles. The molecule has 2 aromatic heterocycles. The minimum absolute atomic E-state index is 0.0726. The van der Waals surface area contributed by atoms with E-state index >= 15 is 0 Å². The normalized spacial score (nSPS) is 16.1. The van der Waals surface area contributed by atoms with Crippen molar-refractivity contribution >= 4 is 29.0 Å². The number of anilines is 4. The Kier molecular flexibility index (Phi) is 6.55. The van der Waals surface area contributed by atoms with Crippen molar-refractivity contribution in [1.29, 1.82) is 0 Å². The molecule has 3 aromatic rings. The fourth-order valence-corrected chi connectivity index (χ4v) is 4.42. The number of hydrogen-bond acceptors (Lipinski definition) is 8. The quantitative estimate of drug-likeness (QED) is 0.339. The van der Waals surface area contributed by atoms with Crippen molar-refractivity contribution in [2.75, 3.05) is 17.2 Å². The summed E-state index contributed by atoms with van der Waals surface area (Å²) in [6.07, 6.45) is 5.50. The van der Waals surface area contributed by atoms with Crippen LogP contribution in [0.2, 0.25) is 0 Å². The van der Waals surface area contributed by atoms with E-state index in [9.17, 15) is 14.3 Å². The fourth-order valence-electron chi connectivity index (χ4n) is 4.42. The largest absolute Gasteiger partial charge is 0.384 e. The van der Waals surface area contributed by atoms with Crippen molar-refractivity contribution in [3.8, 4) is 0 Å². The van der Waals surface area contributed by atoms with Gasteiger partial charge in [-0.15, -0.1) is 0 Å². The lowest BCUT2D eigenvalue weighted by Crippen LogP contribution is -2.34. The maximum Gasteiger partial charge on any atom is 0.256 e. The van der Waals surface area contributed by atoms with Crippen LogP contribution in [0, 0.1) is 5.82 Å². The number of amides is 1. The summed E-state index contributed by atoms with van der Waals surface area (Å²) in [4.78, 5) is 25.8.